The van der Waals surface area contributed by atoms with Gasteiger partial charge in [0.25, 0.3) is 0 Å². The van der Waals surface area contributed by atoms with Gasteiger partial charge in [0.15, 0.2) is 6.29 Å². The van der Waals surface area contributed by atoms with E-state index in [2.05, 4.69) is 43.5 Å². The predicted octanol–water partition coefficient (Wildman–Crippen LogP) is 7.50. The third-order valence-electron chi connectivity index (χ3n) is 9.39. The van der Waals surface area contributed by atoms with Crippen LogP contribution in [-0.4, -0.2) is 87.5 Å². The van der Waals surface area contributed by atoms with Gasteiger partial charge in [0.1, 0.15) is 24.4 Å². The third kappa shape index (κ3) is 24.2. The molecule has 0 spiro atoms. The van der Waals surface area contributed by atoms with Gasteiger partial charge in [0.2, 0.25) is 5.91 Å². The Balaban J connectivity index is 2.51. The van der Waals surface area contributed by atoms with Crippen molar-refractivity contribution in [2.24, 2.45) is 0 Å². The molecule has 7 unspecified atom stereocenters. The number of nitrogens with one attached hydrogen (secondary N) is 1. The molecule has 0 aromatic heterocycles. The van der Waals surface area contributed by atoms with E-state index in [9.17, 15) is 30.3 Å². The highest BCUT2D eigenvalue weighted by atomic mass is 16.7. The summed E-state index contributed by atoms with van der Waals surface area (Å²) in [5.41, 5.74) is 0. The molecule has 0 aliphatic carbocycles. The maximum atomic E-state index is 12.8. The average Bonchev–Trinajstić information content (AvgIpc) is 3.13. The summed E-state index contributed by atoms with van der Waals surface area (Å²) in [6, 6.07) is -0.850. The zero-order valence-corrected chi connectivity index (χ0v) is 32.1. The van der Waals surface area contributed by atoms with Crippen molar-refractivity contribution >= 4 is 5.91 Å². The summed E-state index contributed by atoms with van der Waals surface area (Å²) in [6.45, 7) is 3.68. The molecule has 51 heavy (non-hydrogen) atoms. The van der Waals surface area contributed by atoms with Gasteiger partial charge >= 0.3 is 0 Å². The SMILES string of the molecule is CCCCCCCC/C=C\C/C=C\CCC(=O)NC(COC1OC(CO)C(O)C(O)C1O)C(O)/C=C/CC/C=C/CCCCCCCCCCC. The lowest BCUT2D eigenvalue weighted by Crippen LogP contribution is -2.60. The second-order valence-corrected chi connectivity index (χ2v) is 14.1. The average molecular weight is 722 g/mol. The van der Waals surface area contributed by atoms with Crippen LogP contribution in [0.2, 0.25) is 0 Å². The Hall–Kier alpha value is -1.85. The van der Waals surface area contributed by atoms with Crippen LogP contribution in [0.25, 0.3) is 0 Å². The largest absolute Gasteiger partial charge is 0.394 e. The molecule has 1 aliphatic rings. The molecule has 9 heteroatoms. The van der Waals surface area contributed by atoms with Crippen LogP contribution in [0, 0.1) is 0 Å². The summed E-state index contributed by atoms with van der Waals surface area (Å²) in [6.07, 6.45) is 33.1. The van der Waals surface area contributed by atoms with E-state index in [0.717, 1.165) is 32.1 Å². The summed E-state index contributed by atoms with van der Waals surface area (Å²) in [5.74, 6) is -0.257. The van der Waals surface area contributed by atoms with Gasteiger partial charge in [-0.3, -0.25) is 4.79 Å². The lowest BCUT2D eigenvalue weighted by molar-refractivity contribution is -0.302. The number of aliphatic hydroxyl groups is 5. The van der Waals surface area contributed by atoms with Gasteiger partial charge in [0, 0.05) is 6.42 Å². The second kappa shape index (κ2) is 32.8. The Morgan fingerprint density at radius 1 is 0.667 bits per heavy atom. The van der Waals surface area contributed by atoms with Crippen LogP contribution in [0.1, 0.15) is 155 Å². The summed E-state index contributed by atoms with van der Waals surface area (Å²) in [4.78, 5) is 12.8. The van der Waals surface area contributed by atoms with Crippen LogP contribution in [0.3, 0.4) is 0 Å². The molecule has 0 saturated carbocycles. The quantitative estimate of drug-likeness (QED) is 0.0309. The van der Waals surface area contributed by atoms with Crippen LogP contribution in [0.4, 0.5) is 0 Å². The Labute approximate surface area is 310 Å². The Morgan fingerprint density at radius 3 is 1.76 bits per heavy atom. The number of ether oxygens (including phenoxy) is 2. The first-order chi connectivity index (χ1) is 24.8. The fourth-order valence-corrected chi connectivity index (χ4v) is 6.04. The van der Waals surface area contributed by atoms with E-state index in [0.29, 0.717) is 6.42 Å². The summed E-state index contributed by atoms with van der Waals surface area (Å²) >= 11 is 0. The number of amides is 1. The van der Waals surface area contributed by atoms with E-state index in [-0.39, 0.29) is 18.9 Å². The molecule has 7 atom stereocenters. The number of aliphatic hydroxyl groups excluding tert-OH is 5. The number of allylic oxidation sites excluding steroid dienone is 7. The molecule has 1 fully saturated rings. The fourth-order valence-electron chi connectivity index (χ4n) is 6.04. The molecule has 1 aliphatic heterocycles. The van der Waals surface area contributed by atoms with Crippen molar-refractivity contribution in [3.05, 3.63) is 48.6 Å². The maximum absolute atomic E-state index is 12.8. The molecule has 0 aromatic rings. The Kier molecular flexibility index (Phi) is 30.3. The number of unbranched alkanes of at least 4 members (excludes halogenated alkanes) is 16. The zero-order chi connectivity index (χ0) is 37.4. The minimum absolute atomic E-state index is 0.224. The van der Waals surface area contributed by atoms with E-state index < -0.39 is 49.5 Å². The molecule has 9 nitrogen and oxygen atoms in total. The van der Waals surface area contributed by atoms with Gasteiger partial charge < -0.3 is 40.3 Å². The Morgan fingerprint density at radius 2 is 1.18 bits per heavy atom. The normalized spacial score (nSPS) is 22.5. The topological polar surface area (TPSA) is 149 Å². The van der Waals surface area contributed by atoms with E-state index in [1.54, 1.807) is 6.08 Å². The van der Waals surface area contributed by atoms with Gasteiger partial charge in [0.05, 0.1) is 25.4 Å². The molecule has 1 heterocycles. The van der Waals surface area contributed by atoms with Crippen molar-refractivity contribution in [3.8, 4) is 0 Å². The second-order valence-electron chi connectivity index (χ2n) is 14.1. The van der Waals surface area contributed by atoms with Gasteiger partial charge in [-0.05, 0) is 51.4 Å². The Bertz CT molecular complexity index is 936. The smallest absolute Gasteiger partial charge is 0.220 e. The molecule has 1 rings (SSSR count). The van der Waals surface area contributed by atoms with Crippen molar-refractivity contribution in [1.29, 1.82) is 0 Å². The first kappa shape index (κ1) is 47.2. The standard InChI is InChI=1S/C42H75NO8/c1-3-5-7-9-11-13-15-17-18-20-21-23-25-27-29-31-36(45)35(34-50-42-41(49)40(48)39(47)37(33-44)51-42)43-38(46)32-30-28-26-24-22-19-16-14-12-10-8-6-4-2/h19,21-23,26,28-29,31,35-37,39-42,44-45,47-49H,3-18,20,24-25,27,30,32-34H2,1-2H3,(H,43,46)/b22-19-,23-21+,28-26-,31-29+. The number of carbonyl (C=O) groups excluding carboxylic acids is 1. The highest BCUT2D eigenvalue weighted by Gasteiger charge is 2.44. The molecule has 0 aromatic carbocycles. The van der Waals surface area contributed by atoms with Crippen LogP contribution >= 0.6 is 0 Å². The molecular weight excluding hydrogens is 646 g/mol. The van der Waals surface area contributed by atoms with Crippen molar-refractivity contribution in [2.45, 2.75) is 198 Å². The van der Waals surface area contributed by atoms with Crippen molar-refractivity contribution in [2.75, 3.05) is 13.2 Å². The van der Waals surface area contributed by atoms with Gasteiger partial charge in [-0.15, -0.1) is 0 Å². The van der Waals surface area contributed by atoms with E-state index in [1.165, 1.54) is 96.3 Å². The lowest BCUT2D eigenvalue weighted by Gasteiger charge is -2.40. The number of carbonyl (C=O) groups is 1. The van der Waals surface area contributed by atoms with Gasteiger partial charge in [-0.1, -0.05) is 146 Å². The third-order valence-corrected chi connectivity index (χ3v) is 9.39. The summed E-state index contributed by atoms with van der Waals surface area (Å²) in [7, 11) is 0. The molecule has 6 N–H and O–H groups in total. The van der Waals surface area contributed by atoms with Crippen molar-refractivity contribution < 1.29 is 39.8 Å². The highest BCUT2D eigenvalue weighted by molar-refractivity contribution is 5.76. The molecule has 1 amide bonds. The van der Waals surface area contributed by atoms with E-state index in [1.807, 2.05) is 18.2 Å². The molecule has 1 saturated heterocycles. The minimum atomic E-state index is -1.58. The minimum Gasteiger partial charge on any atom is -0.394 e. The van der Waals surface area contributed by atoms with Gasteiger partial charge in [-0.25, -0.2) is 0 Å². The van der Waals surface area contributed by atoms with Gasteiger partial charge in [-0.2, -0.15) is 0 Å². The number of hydrogen-bond acceptors (Lipinski definition) is 8. The number of rotatable bonds is 32. The lowest BCUT2D eigenvalue weighted by atomic mass is 9.99. The van der Waals surface area contributed by atoms with Crippen molar-refractivity contribution in [3.63, 3.8) is 0 Å². The highest BCUT2D eigenvalue weighted by Crippen LogP contribution is 2.22. The van der Waals surface area contributed by atoms with Crippen molar-refractivity contribution in [1.82, 2.24) is 5.32 Å². The van der Waals surface area contributed by atoms with Crippen LogP contribution in [0.15, 0.2) is 48.6 Å². The fraction of sp³-hybridized carbons (Fsp3) is 0.786. The summed E-state index contributed by atoms with van der Waals surface area (Å²) in [5, 5.41) is 53.9. The number of hydrogen-bond donors (Lipinski definition) is 6. The van der Waals surface area contributed by atoms with Crippen LogP contribution in [0.5, 0.6) is 0 Å². The molecule has 0 bridgehead atoms. The van der Waals surface area contributed by atoms with E-state index in [4.69, 9.17) is 9.47 Å². The summed E-state index contributed by atoms with van der Waals surface area (Å²) < 4.78 is 11.1. The molecule has 0 radical (unpaired) electrons. The monoisotopic (exact) mass is 722 g/mol. The van der Waals surface area contributed by atoms with Crippen LogP contribution in [-0.2, 0) is 14.3 Å². The first-order valence-electron chi connectivity index (χ1n) is 20.4. The van der Waals surface area contributed by atoms with Crippen LogP contribution < -0.4 is 5.32 Å². The molecular formula is C42H75NO8. The first-order valence-corrected chi connectivity index (χ1v) is 20.4. The molecule has 296 valence electrons. The maximum Gasteiger partial charge on any atom is 0.220 e. The zero-order valence-electron chi connectivity index (χ0n) is 32.1. The van der Waals surface area contributed by atoms with E-state index >= 15 is 0 Å². The predicted molar refractivity (Wildman–Crippen MR) is 207 cm³/mol.